The van der Waals surface area contributed by atoms with E-state index in [1.54, 1.807) is 6.92 Å². The zero-order valence-electron chi connectivity index (χ0n) is 12.3. The first-order chi connectivity index (χ1) is 8.71. The van der Waals surface area contributed by atoms with E-state index in [1.807, 2.05) is 52.0 Å². The smallest absolute Gasteiger partial charge is 0.399 e. The highest BCUT2D eigenvalue weighted by molar-refractivity contribution is 6.62. The number of hydrogen-bond acceptors (Lipinski definition) is 3. The average molecular weight is 260 g/mol. The molecule has 0 bridgehead atoms. The lowest BCUT2D eigenvalue weighted by Gasteiger charge is -2.32. The second-order valence-corrected chi connectivity index (χ2v) is 6.21. The van der Waals surface area contributed by atoms with Crippen LogP contribution in [0.3, 0.4) is 0 Å². The van der Waals surface area contributed by atoms with Crippen molar-refractivity contribution in [2.24, 2.45) is 0 Å². The monoisotopic (exact) mass is 260 g/mol. The SMILES string of the molecule is CC(=O)Cc1cccc(B2OC(C)(C)C(C)(C)O2)c1. The molecular formula is C15H21BO3. The predicted molar refractivity (Wildman–Crippen MR) is 76.5 cm³/mol. The Morgan fingerprint density at radius 3 is 2.26 bits per heavy atom. The van der Waals surface area contributed by atoms with E-state index in [2.05, 4.69) is 0 Å². The van der Waals surface area contributed by atoms with Crippen LogP contribution in [0.1, 0.15) is 40.2 Å². The topological polar surface area (TPSA) is 35.5 Å². The maximum absolute atomic E-state index is 11.2. The summed E-state index contributed by atoms with van der Waals surface area (Å²) in [4.78, 5) is 11.2. The van der Waals surface area contributed by atoms with Crippen LogP contribution in [-0.2, 0) is 20.5 Å². The van der Waals surface area contributed by atoms with Gasteiger partial charge in [-0.1, -0.05) is 24.3 Å². The second-order valence-electron chi connectivity index (χ2n) is 6.21. The van der Waals surface area contributed by atoms with Crippen molar-refractivity contribution in [2.75, 3.05) is 0 Å². The summed E-state index contributed by atoms with van der Waals surface area (Å²) in [5.41, 5.74) is 1.29. The number of benzene rings is 1. The van der Waals surface area contributed by atoms with Gasteiger partial charge in [-0.15, -0.1) is 0 Å². The molecule has 1 aromatic rings. The van der Waals surface area contributed by atoms with Crippen molar-refractivity contribution in [1.29, 1.82) is 0 Å². The Labute approximate surface area is 115 Å². The maximum atomic E-state index is 11.2. The largest absolute Gasteiger partial charge is 0.494 e. The fourth-order valence-corrected chi connectivity index (χ4v) is 2.12. The van der Waals surface area contributed by atoms with Gasteiger partial charge in [-0.25, -0.2) is 0 Å². The van der Waals surface area contributed by atoms with Crippen LogP contribution >= 0.6 is 0 Å². The first-order valence-electron chi connectivity index (χ1n) is 6.65. The average Bonchev–Trinajstić information content (AvgIpc) is 2.47. The van der Waals surface area contributed by atoms with Gasteiger partial charge in [0.2, 0.25) is 0 Å². The van der Waals surface area contributed by atoms with Gasteiger partial charge in [-0.2, -0.15) is 0 Å². The van der Waals surface area contributed by atoms with Crippen molar-refractivity contribution in [2.45, 2.75) is 52.2 Å². The van der Waals surface area contributed by atoms with Crippen LogP contribution < -0.4 is 5.46 Å². The van der Waals surface area contributed by atoms with E-state index >= 15 is 0 Å². The molecule has 19 heavy (non-hydrogen) atoms. The van der Waals surface area contributed by atoms with Crippen LogP contribution in [0.2, 0.25) is 0 Å². The summed E-state index contributed by atoms with van der Waals surface area (Å²) in [7, 11) is -0.364. The Morgan fingerprint density at radius 2 is 1.74 bits per heavy atom. The molecule has 3 nitrogen and oxygen atoms in total. The molecule has 0 amide bonds. The van der Waals surface area contributed by atoms with Crippen LogP contribution in [0.4, 0.5) is 0 Å². The van der Waals surface area contributed by atoms with Gasteiger partial charge in [0, 0.05) is 6.42 Å². The minimum atomic E-state index is -0.364. The third kappa shape index (κ3) is 2.90. The maximum Gasteiger partial charge on any atom is 0.494 e. The van der Waals surface area contributed by atoms with Crippen molar-refractivity contribution >= 4 is 18.4 Å². The lowest BCUT2D eigenvalue weighted by Crippen LogP contribution is -2.41. The van der Waals surface area contributed by atoms with E-state index in [0.29, 0.717) is 6.42 Å². The Kier molecular flexibility index (Phi) is 3.58. The van der Waals surface area contributed by atoms with Gasteiger partial charge in [-0.3, -0.25) is 4.79 Å². The molecule has 0 spiro atoms. The number of carbonyl (C=O) groups is 1. The molecule has 1 aromatic carbocycles. The standard InChI is InChI=1S/C15H21BO3/c1-11(17)9-12-7-6-8-13(10-12)16-18-14(2,3)15(4,5)19-16/h6-8,10H,9H2,1-5H3. The minimum Gasteiger partial charge on any atom is -0.399 e. The summed E-state index contributed by atoms with van der Waals surface area (Å²) >= 11 is 0. The van der Waals surface area contributed by atoms with Crippen LogP contribution in [0, 0.1) is 0 Å². The lowest BCUT2D eigenvalue weighted by molar-refractivity contribution is -0.116. The van der Waals surface area contributed by atoms with Gasteiger partial charge >= 0.3 is 7.12 Å². The number of rotatable bonds is 3. The van der Waals surface area contributed by atoms with E-state index in [-0.39, 0.29) is 24.1 Å². The van der Waals surface area contributed by atoms with Crippen LogP contribution in [0.25, 0.3) is 0 Å². The van der Waals surface area contributed by atoms with Crippen molar-refractivity contribution < 1.29 is 14.1 Å². The third-order valence-electron chi connectivity index (χ3n) is 3.93. The summed E-state index contributed by atoms with van der Waals surface area (Å²) in [6.07, 6.45) is 0.452. The van der Waals surface area contributed by atoms with E-state index in [1.165, 1.54) is 0 Å². The van der Waals surface area contributed by atoms with E-state index in [0.717, 1.165) is 11.0 Å². The molecule has 0 aliphatic carbocycles. The first kappa shape index (κ1) is 14.3. The number of carbonyl (C=O) groups excluding carboxylic acids is 1. The highest BCUT2D eigenvalue weighted by atomic mass is 16.7. The van der Waals surface area contributed by atoms with Crippen molar-refractivity contribution in [3.63, 3.8) is 0 Å². The highest BCUT2D eigenvalue weighted by Crippen LogP contribution is 2.36. The summed E-state index contributed by atoms with van der Waals surface area (Å²) < 4.78 is 12.0. The van der Waals surface area contributed by atoms with Crippen molar-refractivity contribution in [3.05, 3.63) is 29.8 Å². The highest BCUT2D eigenvalue weighted by Gasteiger charge is 2.51. The molecule has 1 aliphatic heterocycles. The predicted octanol–water partition coefficient (Wildman–Crippen LogP) is 2.12. The van der Waals surface area contributed by atoms with Crippen LogP contribution in [0.5, 0.6) is 0 Å². The molecule has 0 radical (unpaired) electrons. The molecule has 1 saturated heterocycles. The van der Waals surface area contributed by atoms with Gasteiger partial charge in [0.1, 0.15) is 5.78 Å². The summed E-state index contributed by atoms with van der Waals surface area (Å²) in [5, 5.41) is 0. The molecule has 0 saturated carbocycles. The van der Waals surface area contributed by atoms with E-state index in [9.17, 15) is 4.79 Å². The van der Waals surface area contributed by atoms with Gasteiger partial charge in [0.15, 0.2) is 0 Å². The number of hydrogen-bond donors (Lipinski definition) is 0. The van der Waals surface area contributed by atoms with Crippen molar-refractivity contribution in [3.8, 4) is 0 Å². The molecule has 0 unspecified atom stereocenters. The number of ketones is 1. The molecule has 0 aromatic heterocycles. The summed E-state index contributed by atoms with van der Waals surface area (Å²) in [6.45, 7) is 9.74. The molecule has 1 aliphatic rings. The molecule has 0 N–H and O–H groups in total. The van der Waals surface area contributed by atoms with Gasteiger partial charge in [-0.05, 0) is 45.6 Å². The third-order valence-corrected chi connectivity index (χ3v) is 3.93. The Balaban J connectivity index is 2.22. The fourth-order valence-electron chi connectivity index (χ4n) is 2.12. The van der Waals surface area contributed by atoms with Crippen molar-refractivity contribution in [1.82, 2.24) is 0 Å². The molecule has 102 valence electrons. The van der Waals surface area contributed by atoms with Gasteiger partial charge in [0.05, 0.1) is 11.2 Å². The Morgan fingerprint density at radius 1 is 1.16 bits per heavy atom. The first-order valence-corrected chi connectivity index (χ1v) is 6.65. The zero-order valence-corrected chi connectivity index (χ0v) is 12.3. The molecule has 1 fully saturated rings. The molecule has 0 atom stereocenters. The van der Waals surface area contributed by atoms with Gasteiger partial charge in [0.25, 0.3) is 0 Å². The Bertz CT molecular complexity index is 478. The second kappa shape index (κ2) is 4.76. The van der Waals surface area contributed by atoms with E-state index in [4.69, 9.17) is 9.31 Å². The quantitative estimate of drug-likeness (QED) is 0.781. The zero-order chi connectivity index (χ0) is 14.3. The van der Waals surface area contributed by atoms with Crippen LogP contribution in [0.15, 0.2) is 24.3 Å². The fraction of sp³-hybridized carbons (Fsp3) is 0.533. The van der Waals surface area contributed by atoms with Gasteiger partial charge < -0.3 is 9.31 Å². The molecular weight excluding hydrogens is 239 g/mol. The molecule has 2 rings (SSSR count). The minimum absolute atomic E-state index is 0.158. The lowest BCUT2D eigenvalue weighted by atomic mass is 9.78. The molecule has 1 heterocycles. The number of Topliss-reactive ketones (excluding diaryl/α,β-unsaturated/α-hetero) is 1. The van der Waals surface area contributed by atoms with Crippen LogP contribution in [-0.4, -0.2) is 24.1 Å². The molecule has 4 heteroatoms. The normalized spacial score (nSPS) is 20.6. The van der Waals surface area contributed by atoms with E-state index < -0.39 is 0 Å². The summed E-state index contributed by atoms with van der Waals surface area (Å²) in [6, 6.07) is 7.87. The Hall–Kier alpha value is -1.13. The summed E-state index contributed by atoms with van der Waals surface area (Å²) in [5.74, 6) is 0.158.